The molecule has 16 heavy (non-hydrogen) atoms. The summed E-state index contributed by atoms with van der Waals surface area (Å²) in [6.07, 6.45) is 4.99. The molecule has 0 aliphatic rings. The van der Waals surface area contributed by atoms with E-state index >= 15 is 0 Å². The molecule has 0 aliphatic carbocycles. The first-order chi connectivity index (χ1) is 7.63. The fraction of sp³-hybridized carbons (Fsp3) is 0.167. The number of carbonyl (C=O) groups excluding carboxylic acids is 2. The van der Waals surface area contributed by atoms with Crippen molar-refractivity contribution in [3.05, 3.63) is 29.8 Å². The van der Waals surface area contributed by atoms with E-state index in [0.29, 0.717) is 11.3 Å². The van der Waals surface area contributed by atoms with Gasteiger partial charge in [0.15, 0.2) is 5.78 Å². The first kappa shape index (κ1) is 11.8. The second kappa shape index (κ2) is 5.56. The average Bonchev–Trinajstić information content (AvgIpc) is 2.27. The maximum Gasteiger partial charge on any atom is 0.319 e. The molecule has 82 valence electrons. The number of terminal acetylenes is 1. The molecular formula is C12H12N2O2. The predicted molar refractivity (Wildman–Crippen MR) is 62.3 cm³/mol. The van der Waals surface area contributed by atoms with Crippen LogP contribution in [0.25, 0.3) is 0 Å². The van der Waals surface area contributed by atoms with Crippen molar-refractivity contribution in [1.29, 1.82) is 0 Å². The Kier molecular flexibility index (Phi) is 4.10. The van der Waals surface area contributed by atoms with Gasteiger partial charge in [-0.05, 0) is 31.2 Å². The third-order valence-electron chi connectivity index (χ3n) is 1.90. The summed E-state index contributed by atoms with van der Waals surface area (Å²) < 4.78 is 0. The highest BCUT2D eigenvalue weighted by Gasteiger charge is 2.01. The molecule has 4 nitrogen and oxygen atoms in total. The predicted octanol–water partition coefficient (Wildman–Crippen LogP) is 1.64. The van der Waals surface area contributed by atoms with Crippen molar-refractivity contribution in [2.45, 2.75) is 6.92 Å². The van der Waals surface area contributed by atoms with Crippen molar-refractivity contribution in [2.24, 2.45) is 0 Å². The molecule has 0 spiro atoms. The molecular weight excluding hydrogens is 204 g/mol. The molecule has 0 aromatic heterocycles. The van der Waals surface area contributed by atoms with Crippen LogP contribution in [0.1, 0.15) is 17.3 Å². The van der Waals surface area contributed by atoms with E-state index in [4.69, 9.17) is 6.42 Å². The SMILES string of the molecule is C#CCNC(=O)Nc1ccc(C(C)=O)cc1. The molecule has 0 heterocycles. The number of hydrogen-bond acceptors (Lipinski definition) is 2. The maximum absolute atomic E-state index is 11.2. The Morgan fingerprint density at radius 1 is 1.31 bits per heavy atom. The molecule has 0 bridgehead atoms. The first-order valence-corrected chi connectivity index (χ1v) is 4.73. The third-order valence-corrected chi connectivity index (χ3v) is 1.90. The Hall–Kier alpha value is -2.28. The van der Waals surface area contributed by atoms with Gasteiger partial charge in [-0.3, -0.25) is 4.79 Å². The monoisotopic (exact) mass is 216 g/mol. The van der Waals surface area contributed by atoms with Crippen LogP contribution in [-0.2, 0) is 0 Å². The molecule has 0 unspecified atom stereocenters. The molecule has 1 aromatic carbocycles. The lowest BCUT2D eigenvalue weighted by atomic mass is 10.1. The Balaban J connectivity index is 2.59. The number of ketones is 1. The maximum atomic E-state index is 11.2. The van der Waals surface area contributed by atoms with Gasteiger partial charge in [-0.1, -0.05) is 5.92 Å². The topological polar surface area (TPSA) is 58.2 Å². The molecule has 0 saturated heterocycles. The van der Waals surface area contributed by atoms with Gasteiger partial charge in [-0.15, -0.1) is 6.42 Å². The Morgan fingerprint density at radius 2 is 1.94 bits per heavy atom. The van der Waals surface area contributed by atoms with Crippen LogP contribution in [0.4, 0.5) is 10.5 Å². The molecule has 1 aromatic rings. The van der Waals surface area contributed by atoms with Crippen LogP contribution in [0.3, 0.4) is 0 Å². The van der Waals surface area contributed by atoms with Gasteiger partial charge in [-0.25, -0.2) is 4.79 Å². The van der Waals surface area contributed by atoms with Crippen molar-refractivity contribution in [3.8, 4) is 12.3 Å². The van der Waals surface area contributed by atoms with Gasteiger partial charge in [0, 0.05) is 11.3 Å². The van der Waals surface area contributed by atoms with E-state index in [2.05, 4.69) is 16.6 Å². The van der Waals surface area contributed by atoms with Crippen LogP contribution in [-0.4, -0.2) is 18.4 Å². The summed E-state index contributed by atoms with van der Waals surface area (Å²) in [5.41, 5.74) is 1.22. The van der Waals surface area contributed by atoms with Crippen molar-refractivity contribution >= 4 is 17.5 Å². The molecule has 2 amide bonds. The highest BCUT2D eigenvalue weighted by molar-refractivity contribution is 5.95. The summed E-state index contributed by atoms with van der Waals surface area (Å²) in [6, 6.07) is 6.25. The number of anilines is 1. The number of rotatable bonds is 3. The zero-order valence-electron chi connectivity index (χ0n) is 8.91. The fourth-order valence-corrected chi connectivity index (χ4v) is 1.09. The van der Waals surface area contributed by atoms with Gasteiger partial charge in [0.2, 0.25) is 0 Å². The van der Waals surface area contributed by atoms with Crippen LogP contribution >= 0.6 is 0 Å². The molecule has 0 radical (unpaired) electrons. The van der Waals surface area contributed by atoms with Crippen LogP contribution in [0.2, 0.25) is 0 Å². The Morgan fingerprint density at radius 3 is 2.44 bits per heavy atom. The van der Waals surface area contributed by atoms with E-state index < -0.39 is 0 Å². The Labute approximate surface area is 94.0 Å². The molecule has 2 N–H and O–H groups in total. The number of urea groups is 1. The minimum atomic E-state index is -0.367. The largest absolute Gasteiger partial charge is 0.327 e. The van der Waals surface area contributed by atoms with Crippen molar-refractivity contribution in [3.63, 3.8) is 0 Å². The van der Waals surface area contributed by atoms with Crippen molar-refractivity contribution < 1.29 is 9.59 Å². The normalized spacial score (nSPS) is 9.00. The number of Topliss-reactive ketones (excluding diaryl/α,β-unsaturated/α-hetero) is 1. The summed E-state index contributed by atoms with van der Waals surface area (Å²) in [7, 11) is 0. The number of amides is 2. The highest BCUT2D eigenvalue weighted by atomic mass is 16.2. The van der Waals surface area contributed by atoms with Gasteiger partial charge in [-0.2, -0.15) is 0 Å². The van der Waals surface area contributed by atoms with Gasteiger partial charge in [0.1, 0.15) is 0 Å². The molecule has 0 atom stereocenters. The van der Waals surface area contributed by atoms with E-state index in [-0.39, 0.29) is 18.4 Å². The highest BCUT2D eigenvalue weighted by Crippen LogP contribution is 2.09. The van der Waals surface area contributed by atoms with E-state index in [1.807, 2.05) is 0 Å². The van der Waals surface area contributed by atoms with Crippen LogP contribution in [0.5, 0.6) is 0 Å². The molecule has 0 aliphatic heterocycles. The Bertz CT molecular complexity index is 429. The van der Waals surface area contributed by atoms with Gasteiger partial charge in [0.05, 0.1) is 6.54 Å². The first-order valence-electron chi connectivity index (χ1n) is 4.73. The van der Waals surface area contributed by atoms with Crippen LogP contribution in [0, 0.1) is 12.3 Å². The van der Waals surface area contributed by atoms with E-state index in [1.165, 1.54) is 6.92 Å². The average molecular weight is 216 g/mol. The second-order valence-corrected chi connectivity index (χ2v) is 3.15. The van der Waals surface area contributed by atoms with Crippen molar-refractivity contribution in [1.82, 2.24) is 5.32 Å². The zero-order valence-corrected chi connectivity index (χ0v) is 8.91. The van der Waals surface area contributed by atoms with E-state index in [0.717, 1.165) is 0 Å². The molecule has 0 saturated carbocycles. The number of hydrogen-bond donors (Lipinski definition) is 2. The standard InChI is InChI=1S/C12H12N2O2/c1-3-8-13-12(16)14-11-6-4-10(5-7-11)9(2)15/h1,4-7H,8H2,2H3,(H2,13,14,16). The quantitative estimate of drug-likeness (QED) is 0.596. The zero-order chi connectivity index (χ0) is 12.0. The van der Waals surface area contributed by atoms with Gasteiger partial charge < -0.3 is 10.6 Å². The van der Waals surface area contributed by atoms with Crippen molar-refractivity contribution in [2.75, 3.05) is 11.9 Å². The minimum absolute atomic E-state index is 0.0108. The number of benzene rings is 1. The third kappa shape index (κ3) is 3.46. The molecule has 4 heteroatoms. The van der Waals surface area contributed by atoms with Crippen LogP contribution in [0.15, 0.2) is 24.3 Å². The second-order valence-electron chi connectivity index (χ2n) is 3.15. The van der Waals surface area contributed by atoms with Gasteiger partial charge >= 0.3 is 6.03 Å². The number of carbonyl (C=O) groups is 2. The lowest BCUT2D eigenvalue weighted by molar-refractivity contribution is 0.101. The lowest BCUT2D eigenvalue weighted by Crippen LogP contribution is -2.28. The van der Waals surface area contributed by atoms with Crippen LogP contribution < -0.4 is 10.6 Å². The molecule has 1 rings (SSSR count). The van der Waals surface area contributed by atoms with E-state index in [1.54, 1.807) is 24.3 Å². The summed E-state index contributed by atoms with van der Waals surface area (Å²) in [6.45, 7) is 1.67. The number of nitrogens with one attached hydrogen (secondary N) is 2. The summed E-state index contributed by atoms with van der Waals surface area (Å²) in [5.74, 6) is 2.28. The minimum Gasteiger partial charge on any atom is -0.327 e. The lowest BCUT2D eigenvalue weighted by Gasteiger charge is -2.05. The summed E-state index contributed by atoms with van der Waals surface area (Å²) >= 11 is 0. The summed E-state index contributed by atoms with van der Waals surface area (Å²) in [5, 5.41) is 5.05. The van der Waals surface area contributed by atoms with E-state index in [9.17, 15) is 9.59 Å². The fourth-order valence-electron chi connectivity index (χ4n) is 1.09. The molecule has 0 fully saturated rings. The smallest absolute Gasteiger partial charge is 0.319 e. The summed E-state index contributed by atoms with van der Waals surface area (Å²) in [4.78, 5) is 22.2. The van der Waals surface area contributed by atoms with Gasteiger partial charge in [0.25, 0.3) is 0 Å².